The third kappa shape index (κ3) is 5.39. The molecule has 0 aliphatic heterocycles. The van der Waals surface area contributed by atoms with Gasteiger partial charge in [-0.25, -0.2) is 0 Å². The zero-order valence-corrected chi connectivity index (χ0v) is 14.8. The van der Waals surface area contributed by atoms with E-state index in [0.717, 1.165) is 0 Å². The van der Waals surface area contributed by atoms with Gasteiger partial charge in [-0.05, 0) is 42.0 Å². The lowest BCUT2D eigenvalue weighted by Crippen LogP contribution is -2.13. The van der Waals surface area contributed by atoms with E-state index in [1.807, 2.05) is 0 Å². The van der Waals surface area contributed by atoms with Gasteiger partial charge in [-0.1, -0.05) is 17.7 Å². The van der Waals surface area contributed by atoms with Gasteiger partial charge in [0.2, 0.25) is 5.91 Å². The molecule has 136 valence electrons. The number of halogens is 1. The van der Waals surface area contributed by atoms with Gasteiger partial charge < -0.3 is 10.6 Å². The van der Waals surface area contributed by atoms with Crippen molar-refractivity contribution in [3.63, 3.8) is 0 Å². The van der Waals surface area contributed by atoms with Crippen LogP contribution in [0.3, 0.4) is 0 Å². The molecule has 0 spiro atoms. The summed E-state index contributed by atoms with van der Waals surface area (Å²) in [4.78, 5) is 33.5. The maximum atomic E-state index is 12.3. The highest BCUT2D eigenvalue weighted by Gasteiger charge is 2.14. The van der Waals surface area contributed by atoms with Crippen molar-refractivity contribution in [2.24, 2.45) is 0 Å². The van der Waals surface area contributed by atoms with Crippen LogP contribution in [0.15, 0.2) is 48.0 Å². The van der Waals surface area contributed by atoms with E-state index in [9.17, 15) is 25.0 Å². The van der Waals surface area contributed by atoms with Crippen molar-refractivity contribution in [1.29, 1.82) is 5.26 Å². The van der Waals surface area contributed by atoms with Crippen LogP contribution in [-0.4, -0.2) is 16.7 Å². The molecule has 2 aromatic rings. The molecule has 2 rings (SSSR count). The third-order valence-electron chi connectivity index (χ3n) is 3.31. The van der Waals surface area contributed by atoms with Crippen LogP contribution in [0.2, 0.25) is 5.02 Å². The Bertz CT molecular complexity index is 978. The Labute approximate surface area is 159 Å². The molecular formula is C18H13ClN4O4. The zero-order chi connectivity index (χ0) is 20.0. The summed E-state index contributed by atoms with van der Waals surface area (Å²) in [6, 6.07) is 12.0. The van der Waals surface area contributed by atoms with Gasteiger partial charge in [0.25, 0.3) is 11.6 Å². The van der Waals surface area contributed by atoms with Crippen LogP contribution in [0.25, 0.3) is 6.08 Å². The smallest absolute Gasteiger partial charge is 0.288 e. The first-order valence-corrected chi connectivity index (χ1v) is 7.92. The number of nitro benzene ring substituents is 1. The van der Waals surface area contributed by atoms with Gasteiger partial charge in [0.05, 0.1) is 4.92 Å². The first-order valence-electron chi connectivity index (χ1n) is 7.55. The number of carbonyl (C=O) groups is 2. The summed E-state index contributed by atoms with van der Waals surface area (Å²) in [5.74, 6) is -0.902. The Balaban J connectivity index is 2.19. The lowest BCUT2D eigenvalue weighted by Gasteiger charge is -2.06. The number of nitriles is 1. The van der Waals surface area contributed by atoms with Gasteiger partial charge in [0.1, 0.15) is 16.7 Å². The van der Waals surface area contributed by atoms with Crippen molar-refractivity contribution in [3.8, 4) is 6.07 Å². The van der Waals surface area contributed by atoms with Gasteiger partial charge in [0.15, 0.2) is 0 Å². The van der Waals surface area contributed by atoms with E-state index in [-0.39, 0.29) is 22.2 Å². The van der Waals surface area contributed by atoms with E-state index in [0.29, 0.717) is 16.9 Å². The van der Waals surface area contributed by atoms with Gasteiger partial charge in [-0.2, -0.15) is 5.26 Å². The molecule has 0 saturated heterocycles. The first kappa shape index (κ1) is 19.6. The van der Waals surface area contributed by atoms with Crippen LogP contribution in [0.5, 0.6) is 0 Å². The van der Waals surface area contributed by atoms with Crippen LogP contribution in [0, 0.1) is 21.4 Å². The summed E-state index contributed by atoms with van der Waals surface area (Å²) in [6.07, 6.45) is 1.23. The average Bonchev–Trinajstić information content (AvgIpc) is 2.61. The largest absolute Gasteiger partial charge is 0.326 e. The Hall–Kier alpha value is -3.70. The van der Waals surface area contributed by atoms with E-state index in [1.54, 1.807) is 30.3 Å². The molecule has 0 radical (unpaired) electrons. The predicted molar refractivity (Wildman–Crippen MR) is 101 cm³/mol. The number of hydrogen-bond acceptors (Lipinski definition) is 5. The normalized spacial score (nSPS) is 10.6. The lowest BCUT2D eigenvalue weighted by molar-refractivity contribution is -0.384. The van der Waals surface area contributed by atoms with Crippen LogP contribution in [0.1, 0.15) is 12.5 Å². The molecule has 27 heavy (non-hydrogen) atoms. The topological polar surface area (TPSA) is 125 Å². The van der Waals surface area contributed by atoms with E-state index in [1.165, 1.54) is 31.2 Å². The van der Waals surface area contributed by atoms with Gasteiger partial charge >= 0.3 is 0 Å². The van der Waals surface area contributed by atoms with Crippen molar-refractivity contribution in [2.75, 3.05) is 10.6 Å². The molecule has 2 N–H and O–H groups in total. The van der Waals surface area contributed by atoms with E-state index in [4.69, 9.17) is 11.6 Å². The minimum Gasteiger partial charge on any atom is -0.326 e. The monoisotopic (exact) mass is 384 g/mol. The van der Waals surface area contributed by atoms with Crippen LogP contribution < -0.4 is 10.6 Å². The number of amides is 2. The van der Waals surface area contributed by atoms with Gasteiger partial charge in [0, 0.05) is 24.4 Å². The highest BCUT2D eigenvalue weighted by molar-refractivity contribution is 6.32. The highest BCUT2D eigenvalue weighted by Crippen LogP contribution is 2.26. The van der Waals surface area contributed by atoms with Crippen LogP contribution >= 0.6 is 11.6 Å². The lowest BCUT2D eigenvalue weighted by atomic mass is 10.1. The molecule has 0 heterocycles. The Morgan fingerprint density at radius 1 is 1.15 bits per heavy atom. The molecule has 0 bridgehead atoms. The number of benzene rings is 2. The van der Waals surface area contributed by atoms with Crippen molar-refractivity contribution >= 4 is 46.6 Å². The fraction of sp³-hybridized carbons (Fsp3) is 0.0556. The molecule has 0 aliphatic rings. The maximum absolute atomic E-state index is 12.3. The number of nitro groups is 1. The van der Waals surface area contributed by atoms with Crippen LogP contribution in [-0.2, 0) is 9.59 Å². The van der Waals surface area contributed by atoms with Crippen molar-refractivity contribution in [2.45, 2.75) is 6.92 Å². The molecule has 0 unspecified atom stereocenters. The quantitative estimate of drug-likeness (QED) is 0.351. The molecule has 8 nitrogen and oxygen atoms in total. The van der Waals surface area contributed by atoms with Crippen LogP contribution in [0.4, 0.5) is 17.1 Å². The van der Waals surface area contributed by atoms with E-state index >= 15 is 0 Å². The molecule has 2 aromatic carbocycles. The summed E-state index contributed by atoms with van der Waals surface area (Å²) < 4.78 is 0. The average molecular weight is 385 g/mol. The molecule has 0 fully saturated rings. The molecule has 0 aliphatic carbocycles. The fourth-order valence-corrected chi connectivity index (χ4v) is 2.30. The maximum Gasteiger partial charge on any atom is 0.288 e. The second kappa shape index (κ2) is 8.60. The molecule has 0 saturated carbocycles. The SMILES string of the molecule is CC(=O)Nc1ccc(NC(=O)/C(C#N)=C/c2ccc(Cl)c([N+](=O)[O-])c2)cc1. The molecular weight excluding hydrogens is 372 g/mol. The second-order valence-electron chi connectivity index (χ2n) is 5.35. The number of rotatable bonds is 5. The number of nitrogens with zero attached hydrogens (tertiary/aromatic N) is 2. The van der Waals surface area contributed by atoms with E-state index in [2.05, 4.69) is 10.6 Å². The summed E-state index contributed by atoms with van der Waals surface area (Å²) >= 11 is 5.74. The van der Waals surface area contributed by atoms with Crippen molar-refractivity contribution in [1.82, 2.24) is 0 Å². The predicted octanol–water partition coefficient (Wildman–Crippen LogP) is 3.75. The molecule has 2 amide bonds. The fourth-order valence-electron chi connectivity index (χ4n) is 2.11. The minimum absolute atomic E-state index is 0.0423. The Kier molecular flexibility index (Phi) is 6.25. The molecule has 0 aromatic heterocycles. The van der Waals surface area contributed by atoms with E-state index < -0.39 is 10.8 Å². The van der Waals surface area contributed by atoms with Gasteiger partial charge in [-0.15, -0.1) is 0 Å². The number of hydrogen-bond donors (Lipinski definition) is 2. The Morgan fingerprint density at radius 3 is 2.26 bits per heavy atom. The highest BCUT2D eigenvalue weighted by atomic mass is 35.5. The standard InChI is InChI=1S/C18H13ClN4O4/c1-11(24)21-14-3-5-15(6-4-14)22-18(25)13(10-20)8-12-2-7-16(19)17(9-12)23(26)27/h2-9H,1H3,(H,21,24)(H,22,25)/b13-8+. The zero-order valence-electron chi connectivity index (χ0n) is 14.0. The summed E-state index contributed by atoms with van der Waals surface area (Å²) in [5, 5.41) is 25.2. The first-order chi connectivity index (χ1) is 12.8. The van der Waals surface area contributed by atoms with Gasteiger partial charge in [-0.3, -0.25) is 19.7 Å². The Morgan fingerprint density at radius 2 is 1.74 bits per heavy atom. The van der Waals surface area contributed by atoms with Crippen molar-refractivity contribution in [3.05, 3.63) is 68.7 Å². The molecule has 0 atom stereocenters. The summed E-state index contributed by atoms with van der Waals surface area (Å²) in [6.45, 7) is 1.38. The summed E-state index contributed by atoms with van der Waals surface area (Å²) in [7, 11) is 0. The number of carbonyl (C=O) groups excluding carboxylic acids is 2. The number of anilines is 2. The minimum atomic E-state index is -0.678. The molecule has 9 heteroatoms. The summed E-state index contributed by atoms with van der Waals surface area (Å²) in [5.41, 5.74) is 0.704. The second-order valence-corrected chi connectivity index (χ2v) is 5.76. The number of nitrogens with one attached hydrogen (secondary N) is 2. The third-order valence-corrected chi connectivity index (χ3v) is 3.63. The van der Waals surface area contributed by atoms with Crippen molar-refractivity contribution < 1.29 is 14.5 Å².